The number of hydrogen-bond acceptors (Lipinski definition) is 5. The van der Waals surface area contributed by atoms with E-state index in [2.05, 4.69) is 28.2 Å². The third kappa shape index (κ3) is 4.77. The Morgan fingerprint density at radius 2 is 2.04 bits per heavy atom. The third-order valence-corrected chi connectivity index (χ3v) is 5.56. The van der Waals surface area contributed by atoms with Gasteiger partial charge in [0.1, 0.15) is 5.54 Å². The Labute approximate surface area is 164 Å². The topological polar surface area (TPSA) is 83.6 Å². The lowest BCUT2D eigenvalue weighted by atomic mass is 9.90. The van der Waals surface area contributed by atoms with Crippen LogP contribution in [0.2, 0.25) is 0 Å². The van der Waals surface area contributed by atoms with Gasteiger partial charge in [-0.15, -0.1) is 16.8 Å². The van der Waals surface area contributed by atoms with Gasteiger partial charge >= 0.3 is 0 Å². The van der Waals surface area contributed by atoms with Crippen LogP contribution in [0.4, 0.5) is 0 Å². The van der Waals surface area contributed by atoms with Crippen molar-refractivity contribution in [1.29, 1.82) is 5.26 Å². The van der Waals surface area contributed by atoms with Gasteiger partial charge in [-0.05, 0) is 19.8 Å². The molecule has 0 saturated carbocycles. The molecule has 0 aliphatic carbocycles. The summed E-state index contributed by atoms with van der Waals surface area (Å²) in [6, 6.07) is 12.0. The van der Waals surface area contributed by atoms with E-state index < -0.39 is 10.8 Å². The number of rotatable bonds is 8. The largest absolute Gasteiger partial charge is 0.337 e. The maximum absolute atomic E-state index is 12.6. The molecular weight excluding hydrogens is 358 g/mol. The molecule has 1 heterocycles. The summed E-state index contributed by atoms with van der Waals surface area (Å²) in [5, 5.41) is 21.0. The Kier molecular flexibility index (Phi) is 6.81. The highest BCUT2D eigenvalue weighted by Crippen LogP contribution is 2.27. The Bertz CT molecular complexity index is 840. The smallest absolute Gasteiger partial charge is 0.234 e. The summed E-state index contributed by atoms with van der Waals surface area (Å²) in [5.41, 5.74) is 0.0447. The molecule has 2 rings (SSSR count). The third-order valence-electron chi connectivity index (χ3n) is 4.48. The van der Waals surface area contributed by atoms with Gasteiger partial charge in [0.25, 0.3) is 0 Å². The van der Waals surface area contributed by atoms with Crippen LogP contribution in [0.3, 0.4) is 0 Å². The minimum absolute atomic E-state index is 0.00208. The molecule has 1 amide bonds. The molecular formula is C20H25N5OS. The number of aromatic nitrogens is 3. The first-order chi connectivity index (χ1) is 12.8. The van der Waals surface area contributed by atoms with Gasteiger partial charge in [-0.3, -0.25) is 9.36 Å². The van der Waals surface area contributed by atoms with E-state index in [0.717, 1.165) is 11.4 Å². The Hall–Kier alpha value is -2.59. The first-order valence-electron chi connectivity index (χ1n) is 8.81. The van der Waals surface area contributed by atoms with E-state index >= 15 is 0 Å². The van der Waals surface area contributed by atoms with Gasteiger partial charge in [-0.2, -0.15) is 5.26 Å². The Morgan fingerprint density at radius 3 is 2.59 bits per heavy atom. The van der Waals surface area contributed by atoms with Crippen LogP contribution >= 0.6 is 11.8 Å². The van der Waals surface area contributed by atoms with Crippen LogP contribution in [-0.4, -0.2) is 31.5 Å². The number of nitrogens with one attached hydrogen (secondary N) is 1. The standard InChI is InChI=1S/C20H25N5OS/c1-6-12-25-17(16-10-8-7-9-11-16)23-24-19(25)27-15(4)18(26)22-20(5,13-21)14(2)3/h6-11,14-15H,1,12H2,2-5H3,(H,22,26)/t15-,20+/m1/s1. The predicted octanol–water partition coefficient (Wildman–Crippen LogP) is 3.67. The molecule has 0 unspecified atom stereocenters. The fourth-order valence-corrected chi connectivity index (χ4v) is 3.20. The van der Waals surface area contributed by atoms with E-state index in [1.54, 1.807) is 19.9 Å². The summed E-state index contributed by atoms with van der Waals surface area (Å²) in [6.45, 7) is 11.7. The molecule has 6 nitrogen and oxygen atoms in total. The van der Waals surface area contributed by atoms with Crippen LogP contribution in [0, 0.1) is 17.2 Å². The molecule has 0 spiro atoms. The zero-order chi connectivity index (χ0) is 20.0. The zero-order valence-electron chi connectivity index (χ0n) is 16.1. The van der Waals surface area contributed by atoms with Gasteiger partial charge < -0.3 is 5.32 Å². The summed E-state index contributed by atoms with van der Waals surface area (Å²) in [7, 11) is 0. The maximum atomic E-state index is 12.6. The van der Waals surface area contributed by atoms with Crippen molar-refractivity contribution in [2.24, 2.45) is 5.92 Å². The Balaban J connectivity index is 2.22. The van der Waals surface area contributed by atoms with Crippen LogP contribution in [-0.2, 0) is 11.3 Å². The summed E-state index contributed by atoms with van der Waals surface area (Å²) in [5.74, 6) is 0.527. The molecule has 0 saturated heterocycles. The van der Waals surface area contributed by atoms with Gasteiger partial charge in [-0.25, -0.2) is 0 Å². The molecule has 0 aliphatic rings. The quantitative estimate of drug-likeness (QED) is 0.555. The number of allylic oxidation sites excluding steroid dienone is 1. The van der Waals surface area contributed by atoms with Crippen molar-refractivity contribution in [1.82, 2.24) is 20.1 Å². The summed E-state index contributed by atoms with van der Waals surface area (Å²) in [6.07, 6.45) is 1.77. The lowest BCUT2D eigenvalue weighted by molar-refractivity contribution is -0.121. The Morgan fingerprint density at radius 1 is 1.37 bits per heavy atom. The monoisotopic (exact) mass is 383 g/mol. The van der Waals surface area contributed by atoms with E-state index in [4.69, 9.17) is 0 Å². The highest BCUT2D eigenvalue weighted by Gasteiger charge is 2.32. The molecule has 1 aromatic carbocycles. The fourth-order valence-electron chi connectivity index (χ4n) is 2.34. The molecule has 0 fully saturated rings. The molecule has 7 heteroatoms. The molecule has 2 aromatic rings. The molecule has 0 aliphatic heterocycles. The SMILES string of the molecule is C=CCn1c(S[C@H](C)C(=O)N[C@@](C)(C#N)C(C)C)nnc1-c1ccccc1. The second-order valence-electron chi connectivity index (χ2n) is 6.79. The normalized spacial score (nSPS) is 14.2. The number of amides is 1. The number of hydrogen-bond donors (Lipinski definition) is 1. The molecule has 1 N–H and O–H groups in total. The van der Waals surface area contributed by atoms with Gasteiger partial charge in [0.15, 0.2) is 11.0 Å². The zero-order valence-corrected chi connectivity index (χ0v) is 17.0. The van der Waals surface area contributed by atoms with E-state index in [0.29, 0.717) is 11.7 Å². The van der Waals surface area contributed by atoms with E-state index in [1.807, 2.05) is 48.7 Å². The van der Waals surface area contributed by atoms with Crippen LogP contribution < -0.4 is 5.32 Å². The summed E-state index contributed by atoms with van der Waals surface area (Å²) in [4.78, 5) is 12.6. The summed E-state index contributed by atoms with van der Waals surface area (Å²) < 4.78 is 1.93. The van der Waals surface area contributed by atoms with Crippen molar-refractivity contribution in [3.63, 3.8) is 0 Å². The minimum atomic E-state index is -0.907. The molecule has 27 heavy (non-hydrogen) atoms. The van der Waals surface area contributed by atoms with Crippen molar-refractivity contribution >= 4 is 17.7 Å². The number of nitriles is 1. The number of thioether (sulfide) groups is 1. The second kappa shape index (κ2) is 8.87. The predicted molar refractivity (Wildman–Crippen MR) is 108 cm³/mol. The lowest BCUT2D eigenvalue weighted by Crippen LogP contribution is -2.51. The van der Waals surface area contributed by atoms with Crippen LogP contribution in [0.25, 0.3) is 11.4 Å². The van der Waals surface area contributed by atoms with E-state index in [9.17, 15) is 10.1 Å². The average molecular weight is 384 g/mol. The van der Waals surface area contributed by atoms with E-state index in [1.165, 1.54) is 11.8 Å². The number of nitrogens with zero attached hydrogens (tertiary/aromatic N) is 4. The van der Waals surface area contributed by atoms with Crippen LogP contribution in [0.5, 0.6) is 0 Å². The van der Waals surface area contributed by atoms with Gasteiger partial charge in [0.05, 0.1) is 11.3 Å². The highest BCUT2D eigenvalue weighted by atomic mass is 32.2. The van der Waals surface area contributed by atoms with Crippen molar-refractivity contribution in [2.45, 2.75) is 50.2 Å². The second-order valence-corrected chi connectivity index (χ2v) is 8.10. The van der Waals surface area contributed by atoms with Gasteiger partial charge in [-0.1, -0.05) is 62.0 Å². The first-order valence-corrected chi connectivity index (χ1v) is 9.69. The molecule has 0 bridgehead atoms. The molecule has 1 aromatic heterocycles. The molecule has 2 atom stereocenters. The maximum Gasteiger partial charge on any atom is 0.234 e. The average Bonchev–Trinajstić information content (AvgIpc) is 3.04. The van der Waals surface area contributed by atoms with Crippen molar-refractivity contribution < 1.29 is 4.79 Å². The summed E-state index contributed by atoms with van der Waals surface area (Å²) >= 11 is 1.32. The lowest BCUT2D eigenvalue weighted by Gasteiger charge is -2.28. The van der Waals surface area contributed by atoms with Crippen molar-refractivity contribution in [3.8, 4) is 17.5 Å². The van der Waals surface area contributed by atoms with Crippen LogP contribution in [0.15, 0.2) is 48.1 Å². The van der Waals surface area contributed by atoms with Crippen molar-refractivity contribution in [2.75, 3.05) is 0 Å². The van der Waals surface area contributed by atoms with Gasteiger partial charge in [0.2, 0.25) is 5.91 Å². The van der Waals surface area contributed by atoms with Crippen LogP contribution in [0.1, 0.15) is 27.7 Å². The number of carbonyl (C=O) groups is 1. The van der Waals surface area contributed by atoms with Crippen molar-refractivity contribution in [3.05, 3.63) is 43.0 Å². The highest BCUT2D eigenvalue weighted by molar-refractivity contribution is 8.00. The number of benzene rings is 1. The van der Waals surface area contributed by atoms with E-state index in [-0.39, 0.29) is 11.8 Å². The molecule has 142 valence electrons. The first kappa shape index (κ1) is 20.7. The fraction of sp³-hybridized carbons (Fsp3) is 0.400. The van der Waals surface area contributed by atoms with Gasteiger partial charge in [0, 0.05) is 12.1 Å². The minimum Gasteiger partial charge on any atom is -0.337 e. The molecule has 0 radical (unpaired) electrons. The number of carbonyl (C=O) groups excluding carboxylic acids is 1.